The number of amides is 1. The first kappa shape index (κ1) is 15.1. The van der Waals surface area contributed by atoms with Gasteiger partial charge in [-0.25, -0.2) is 0 Å². The fourth-order valence-electron chi connectivity index (χ4n) is 5.95. The predicted octanol–water partition coefficient (Wildman–Crippen LogP) is 3.01. The fraction of sp³-hybridized carbons (Fsp3) is 0.500. The van der Waals surface area contributed by atoms with E-state index in [-0.39, 0.29) is 5.91 Å². The molecular formula is C20H23N3O2. The van der Waals surface area contributed by atoms with E-state index in [1.807, 2.05) is 30.3 Å². The van der Waals surface area contributed by atoms with Crippen LogP contribution in [-0.2, 0) is 4.79 Å². The second-order valence-corrected chi connectivity index (χ2v) is 8.42. The Morgan fingerprint density at radius 2 is 1.92 bits per heavy atom. The molecule has 0 spiro atoms. The number of aliphatic hydroxyl groups is 1. The maximum absolute atomic E-state index is 13.0. The number of hydrogen-bond acceptors (Lipinski definition) is 4. The zero-order valence-electron chi connectivity index (χ0n) is 14.2. The Labute approximate surface area is 146 Å². The largest absolute Gasteiger partial charge is 0.390 e. The van der Waals surface area contributed by atoms with Crippen LogP contribution in [0.15, 0.2) is 36.5 Å². The third-order valence-electron chi connectivity index (χ3n) is 6.47. The van der Waals surface area contributed by atoms with Crippen LogP contribution in [0.25, 0.3) is 10.9 Å². The summed E-state index contributed by atoms with van der Waals surface area (Å²) in [6.45, 7) is 0. The highest BCUT2D eigenvalue weighted by atomic mass is 16.3. The molecule has 4 saturated carbocycles. The van der Waals surface area contributed by atoms with Crippen LogP contribution in [0.4, 0.5) is 5.69 Å². The molecule has 4 aliphatic carbocycles. The standard InChI is InChI=1S/C20H23N3O2/c24-18(19-8-13-7-14(9-19)11-20(25,10-13)12-19)23-22-17-5-1-4-16-15(17)3-2-6-21-16/h1-6,13-14,22,25H,7-12H2,(H,23,24)/t13-,14+,19?,20?. The predicted molar refractivity (Wildman–Crippen MR) is 95.6 cm³/mol. The molecule has 5 heteroatoms. The monoisotopic (exact) mass is 337 g/mol. The molecule has 25 heavy (non-hydrogen) atoms. The number of hydrogen-bond donors (Lipinski definition) is 3. The maximum atomic E-state index is 13.0. The lowest BCUT2D eigenvalue weighted by molar-refractivity contribution is -0.177. The molecule has 1 aromatic carbocycles. The number of fused-ring (bicyclic) bond motifs is 1. The number of aromatic nitrogens is 1. The molecule has 4 fully saturated rings. The van der Waals surface area contributed by atoms with Crippen molar-refractivity contribution in [3.8, 4) is 0 Å². The zero-order valence-corrected chi connectivity index (χ0v) is 14.2. The molecule has 1 amide bonds. The van der Waals surface area contributed by atoms with E-state index in [0.29, 0.717) is 18.3 Å². The Bertz CT molecular complexity index is 830. The number of hydrazine groups is 1. The van der Waals surface area contributed by atoms with Crippen LogP contribution in [0.3, 0.4) is 0 Å². The smallest absolute Gasteiger partial charge is 0.244 e. The average molecular weight is 337 g/mol. The fourth-order valence-corrected chi connectivity index (χ4v) is 5.95. The minimum absolute atomic E-state index is 0.0286. The number of carbonyl (C=O) groups is 1. The first-order chi connectivity index (χ1) is 12.1. The molecule has 4 atom stereocenters. The molecule has 0 saturated heterocycles. The van der Waals surface area contributed by atoms with Gasteiger partial charge < -0.3 is 5.11 Å². The quantitative estimate of drug-likeness (QED) is 0.753. The van der Waals surface area contributed by atoms with Crippen molar-refractivity contribution in [1.29, 1.82) is 0 Å². The van der Waals surface area contributed by atoms with Gasteiger partial charge in [0.05, 0.1) is 22.2 Å². The first-order valence-electron chi connectivity index (χ1n) is 9.18. The van der Waals surface area contributed by atoms with E-state index >= 15 is 0 Å². The Hall–Kier alpha value is -2.14. The van der Waals surface area contributed by atoms with E-state index in [2.05, 4.69) is 15.8 Å². The van der Waals surface area contributed by atoms with Gasteiger partial charge in [-0.2, -0.15) is 0 Å². The lowest BCUT2D eigenvalue weighted by Gasteiger charge is -2.59. The van der Waals surface area contributed by atoms with Gasteiger partial charge in [0.25, 0.3) is 0 Å². The summed E-state index contributed by atoms with van der Waals surface area (Å²) in [6, 6.07) is 9.71. The van der Waals surface area contributed by atoms with Crippen LogP contribution < -0.4 is 10.9 Å². The number of pyridine rings is 1. The zero-order chi connectivity index (χ0) is 17.1. The number of nitrogens with zero attached hydrogens (tertiary/aromatic N) is 1. The van der Waals surface area contributed by atoms with E-state index in [1.165, 1.54) is 6.42 Å². The molecule has 1 heterocycles. The highest BCUT2D eigenvalue weighted by Crippen LogP contribution is 2.61. The van der Waals surface area contributed by atoms with E-state index in [9.17, 15) is 9.90 Å². The van der Waals surface area contributed by atoms with Crippen molar-refractivity contribution < 1.29 is 9.90 Å². The SMILES string of the molecule is O=C(NNc1cccc2ncccc12)C12C[C@@H]3C[C@@H](CC(O)(C3)C1)C2. The van der Waals surface area contributed by atoms with Gasteiger partial charge in [0, 0.05) is 11.6 Å². The summed E-state index contributed by atoms with van der Waals surface area (Å²) in [6.07, 6.45) is 7.13. The maximum Gasteiger partial charge on any atom is 0.244 e. The topological polar surface area (TPSA) is 74.2 Å². The Kier molecular flexibility index (Phi) is 3.14. The highest BCUT2D eigenvalue weighted by Gasteiger charge is 2.60. The van der Waals surface area contributed by atoms with Gasteiger partial charge in [0.1, 0.15) is 0 Å². The van der Waals surface area contributed by atoms with Gasteiger partial charge in [-0.1, -0.05) is 6.07 Å². The number of carbonyl (C=O) groups excluding carboxylic acids is 1. The van der Waals surface area contributed by atoms with Crippen molar-refractivity contribution in [2.45, 2.75) is 44.1 Å². The van der Waals surface area contributed by atoms with Gasteiger partial charge in [-0.05, 0) is 74.6 Å². The Morgan fingerprint density at radius 3 is 2.68 bits per heavy atom. The minimum Gasteiger partial charge on any atom is -0.390 e. The van der Waals surface area contributed by atoms with Gasteiger partial charge in [0.15, 0.2) is 0 Å². The van der Waals surface area contributed by atoms with E-state index in [1.54, 1.807) is 6.20 Å². The molecule has 3 N–H and O–H groups in total. The summed E-state index contributed by atoms with van der Waals surface area (Å²) in [5.41, 5.74) is 6.76. The van der Waals surface area contributed by atoms with Crippen molar-refractivity contribution in [3.63, 3.8) is 0 Å². The third kappa shape index (κ3) is 2.41. The lowest BCUT2D eigenvalue weighted by Crippen LogP contribution is -2.60. The van der Waals surface area contributed by atoms with Crippen LogP contribution in [-0.4, -0.2) is 21.6 Å². The molecule has 5 nitrogen and oxygen atoms in total. The molecule has 130 valence electrons. The van der Waals surface area contributed by atoms with Crippen molar-refractivity contribution >= 4 is 22.5 Å². The lowest BCUT2D eigenvalue weighted by atomic mass is 9.47. The Morgan fingerprint density at radius 1 is 1.12 bits per heavy atom. The number of nitrogens with one attached hydrogen (secondary N) is 2. The van der Waals surface area contributed by atoms with Crippen molar-refractivity contribution in [3.05, 3.63) is 36.5 Å². The molecule has 2 unspecified atom stereocenters. The highest BCUT2D eigenvalue weighted by molar-refractivity contribution is 5.92. The summed E-state index contributed by atoms with van der Waals surface area (Å²) in [4.78, 5) is 17.4. The third-order valence-corrected chi connectivity index (χ3v) is 6.47. The second-order valence-electron chi connectivity index (χ2n) is 8.42. The second kappa shape index (κ2) is 5.18. The van der Waals surface area contributed by atoms with Gasteiger partial charge in [0.2, 0.25) is 5.91 Å². The van der Waals surface area contributed by atoms with Crippen LogP contribution >= 0.6 is 0 Å². The van der Waals surface area contributed by atoms with Crippen molar-refractivity contribution in [1.82, 2.24) is 10.4 Å². The minimum atomic E-state index is -0.620. The summed E-state index contributed by atoms with van der Waals surface area (Å²) in [5, 5.41) is 11.8. The van der Waals surface area contributed by atoms with Crippen LogP contribution in [0.1, 0.15) is 38.5 Å². The molecule has 4 aliphatic rings. The van der Waals surface area contributed by atoms with Gasteiger partial charge >= 0.3 is 0 Å². The molecule has 2 aromatic rings. The van der Waals surface area contributed by atoms with Crippen molar-refractivity contribution in [2.75, 3.05) is 5.43 Å². The first-order valence-corrected chi connectivity index (χ1v) is 9.18. The molecule has 1 aromatic heterocycles. The molecular weight excluding hydrogens is 314 g/mol. The Balaban J connectivity index is 1.37. The summed E-state index contributed by atoms with van der Waals surface area (Å²) < 4.78 is 0. The van der Waals surface area contributed by atoms with E-state index < -0.39 is 11.0 Å². The molecule has 0 aliphatic heterocycles. The molecule has 6 rings (SSSR count). The van der Waals surface area contributed by atoms with Crippen LogP contribution in [0, 0.1) is 17.3 Å². The summed E-state index contributed by atoms with van der Waals surface area (Å²) >= 11 is 0. The number of anilines is 1. The van der Waals surface area contributed by atoms with Gasteiger partial charge in [-0.3, -0.25) is 20.6 Å². The van der Waals surface area contributed by atoms with Gasteiger partial charge in [-0.15, -0.1) is 0 Å². The van der Waals surface area contributed by atoms with Crippen molar-refractivity contribution in [2.24, 2.45) is 17.3 Å². The molecule has 0 radical (unpaired) electrons. The van der Waals surface area contributed by atoms with Crippen LogP contribution in [0.2, 0.25) is 0 Å². The average Bonchev–Trinajstić information content (AvgIpc) is 2.57. The number of benzene rings is 1. The summed E-state index contributed by atoms with van der Waals surface area (Å²) in [7, 11) is 0. The summed E-state index contributed by atoms with van der Waals surface area (Å²) in [5.74, 6) is 1.03. The van der Waals surface area contributed by atoms with E-state index in [0.717, 1.165) is 42.3 Å². The van der Waals surface area contributed by atoms with E-state index in [4.69, 9.17) is 0 Å². The normalized spacial score (nSPS) is 35.7. The number of rotatable bonds is 3. The molecule has 4 bridgehead atoms. The van der Waals surface area contributed by atoms with Crippen LogP contribution in [0.5, 0.6) is 0 Å².